The number of rotatable bonds is 1. The molecule has 1 saturated carbocycles. The third-order valence-corrected chi connectivity index (χ3v) is 4.21. The van der Waals surface area contributed by atoms with Gasteiger partial charge in [0.15, 0.2) is 0 Å². The molecule has 0 bridgehead atoms. The molecule has 4 nitrogen and oxygen atoms in total. The standard InChI is InChI=1S/C10H14O4/c1-9-4-3-6(7(11)12)10(9,2)5-14-8(9)13/h6H,3-5H2,1-2H3,(H,11,12)/t6-,9-,10+/m1/s1. The molecule has 1 aliphatic heterocycles. The first-order valence-corrected chi connectivity index (χ1v) is 4.82. The molecule has 0 radical (unpaired) electrons. The molecule has 4 heteroatoms. The summed E-state index contributed by atoms with van der Waals surface area (Å²) in [6, 6.07) is 0. The topological polar surface area (TPSA) is 63.6 Å². The predicted molar refractivity (Wildman–Crippen MR) is 47.5 cm³/mol. The lowest BCUT2D eigenvalue weighted by molar-refractivity contribution is -0.146. The number of hydrogen-bond donors (Lipinski definition) is 1. The van der Waals surface area contributed by atoms with Crippen LogP contribution in [0, 0.1) is 16.7 Å². The molecule has 0 aromatic carbocycles. The molecule has 0 aromatic rings. The number of ether oxygens (including phenoxy) is 1. The highest BCUT2D eigenvalue weighted by molar-refractivity contribution is 5.83. The zero-order chi connectivity index (χ0) is 10.6. The largest absolute Gasteiger partial charge is 0.481 e. The van der Waals surface area contributed by atoms with Gasteiger partial charge in [-0.25, -0.2) is 0 Å². The minimum absolute atomic E-state index is 0.233. The van der Waals surface area contributed by atoms with E-state index >= 15 is 0 Å². The Bertz CT molecular complexity index is 311. The molecule has 0 unspecified atom stereocenters. The molecule has 3 atom stereocenters. The fourth-order valence-corrected chi connectivity index (χ4v) is 2.79. The van der Waals surface area contributed by atoms with Crippen LogP contribution in [-0.2, 0) is 14.3 Å². The third kappa shape index (κ3) is 0.837. The molecule has 2 fully saturated rings. The molecule has 1 heterocycles. The summed E-state index contributed by atoms with van der Waals surface area (Å²) in [6.45, 7) is 3.92. The number of carboxylic acid groups (broad SMARTS) is 1. The Labute approximate surface area is 82.2 Å². The fourth-order valence-electron chi connectivity index (χ4n) is 2.79. The Kier molecular flexibility index (Phi) is 1.69. The van der Waals surface area contributed by atoms with E-state index in [1.807, 2.05) is 13.8 Å². The van der Waals surface area contributed by atoms with Crippen molar-refractivity contribution in [1.29, 1.82) is 0 Å². The van der Waals surface area contributed by atoms with Gasteiger partial charge in [0.1, 0.15) is 0 Å². The average molecular weight is 198 g/mol. The summed E-state index contributed by atoms with van der Waals surface area (Å²) in [4.78, 5) is 22.6. The second-order valence-corrected chi connectivity index (χ2v) is 4.76. The molecule has 1 saturated heterocycles. The molecule has 1 N–H and O–H groups in total. The van der Waals surface area contributed by atoms with Crippen LogP contribution in [0.15, 0.2) is 0 Å². The van der Waals surface area contributed by atoms with Gasteiger partial charge in [0, 0.05) is 5.41 Å². The van der Waals surface area contributed by atoms with E-state index in [9.17, 15) is 9.59 Å². The first-order valence-electron chi connectivity index (χ1n) is 4.82. The smallest absolute Gasteiger partial charge is 0.312 e. The summed E-state index contributed by atoms with van der Waals surface area (Å²) in [5.74, 6) is -1.49. The van der Waals surface area contributed by atoms with Crippen LogP contribution < -0.4 is 0 Å². The third-order valence-electron chi connectivity index (χ3n) is 4.21. The highest BCUT2D eigenvalue weighted by Crippen LogP contribution is 2.60. The van der Waals surface area contributed by atoms with Crippen molar-refractivity contribution in [3.63, 3.8) is 0 Å². The molecule has 2 rings (SSSR count). The number of cyclic esters (lactones) is 1. The van der Waals surface area contributed by atoms with Crippen molar-refractivity contribution in [2.24, 2.45) is 16.7 Å². The van der Waals surface area contributed by atoms with E-state index < -0.39 is 22.7 Å². The summed E-state index contributed by atoms with van der Waals surface area (Å²) in [7, 11) is 0. The van der Waals surface area contributed by atoms with Crippen LogP contribution in [0.5, 0.6) is 0 Å². The minimum atomic E-state index is -0.811. The predicted octanol–water partition coefficient (Wildman–Crippen LogP) is 1.05. The molecule has 1 aliphatic carbocycles. The molecule has 2 aliphatic rings. The lowest BCUT2D eigenvalue weighted by Gasteiger charge is -2.31. The van der Waals surface area contributed by atoms with Crippen molar-refractivity contribution in [3.05, 3.63) is 0 Å². The second-order valence-electron chi connectivity index (χ2n) is 4.76. The van der Waals surface area contributed by atoms with E-state index in [1.54, 1.807) is 0 Å². The molecular weight excluding hydrogens is 184 g/mol. The maximum atomic E-state index is 11.5. The van der Waals surface area contributed by atoms with E-state index in [0.29, 0.717) is 12.8 Å². The first kappa shape index (κ1) is 9.49. The summed E-state index contributed by atoms with van der Waals surface area (Å²) in [5, 5.41) is 9.06. The SMILES string of the molecule is C[C@@]12COC(=O)[C@@]1(C)CC[C@@H]2C(=O)O. The number of carboxylic acids is 1. The van der Waals surface area contributed by atoms with E-state index in [1.165, 1.54) is 0 Å². The fraction of sp³-hybridized carbons (Fsp3) is 0.800. The van der Waals surface area contributed by atoms with Gasteiger partial charge in [-0.1, -0.05) is 6.92 Å². The second kappa shape index (κ2) is 2.49. The van der Waals surface area contributed by atoms with Crippen LogP contribution in [0.1, 0.15) is 26.7 Å². The normalized spacial score (nSPS) is 46.1. The maximum Gasteiger partial charge on any atom is 0.312 e. The van der Waals surface area contributed by atoms with E-state index in [2.05, 4.69) is 0 Å². The van der Waals surface area contributed by atoms with Gasteiger partial charge in [0.05, 0.1) is 17.9 Å². The maximum absolute atomic E-state index is 11.5. The summed E-state index contributed by atoms with van der Waals surface area (Å²) < 4.78 is 5.00. The average Bonchev–Trinajstić information content (AvgIpc) is 2.47. The van der Waals surface area contributed by atoms with Gasteiger partial charge >= 0.3 is 11.9 Å². The Morgan fingerprint density at radius 1 is 1.57 bits per heavy atom. The van der Waals surface area contributed by atoms with Crippen molar-refractivity contribution < 1.29 is 19.4 Å². The van der Waals surface area contributed by atoms with Gasteiger partial charge in [-0.05, 0) is 19.8 Å². The molecule has 0 amide bonds. The van der Waals surface area contributed by atoms with E-state index in [0.717, 1.165) is 0 Å². The van der Waals surface area contributed by atoms with Crippen LogP contribution in [0.4, 0.5) is 0 Å². The van der Waals surface area contributed by atoms with Crippen LogP contribution in [0.3, 0.4) is 0 Å². The van der Waals surface area contributed by atoms with Crippen molar-refractivity contribution >= 4 is 11.9 Å². The van der Waals surface area contributed by atoms with Crippen LogP contribution in [0.2, 0.25) is 0 Å². The van der Waals surface area contributed by atoms with Crippen molar-refractivity contribution in [2.45, 2.75) is 26.7 Å². The van der Waals surface area contributed by atoms with Crippen molar-refractivity contribution in [1.82, 2.24) is 0 Å². The van der Waals surface area contributed by atoms with Crippen LogP contribution >= 0.6 is 0 Å². The number of hydrogen-bond acceptors (Lipinski definition) is 3. The summed E-state index contributed by atoms with van der Waals surface area (Å²) in [6.07, 6.45) is 1.21. The Morgan fingerprint density at radius 2 is 2.21 bits per heavy atom. The molecule has 0 aromatic heterocycles. The molecular formula is C10H14O4. The lowest BCUT2D eigenvalue weighted by atomic mass is 9.66. The number of carbonyl (C=O) groups excluding carboxylic acids is 1. The molecule has 14 heavy (non-hydrogen) atoms. The zero-order valence-corrected chi connectivity index (χ0v) is 8.37. The molecule has 0 spiro atoms. The van der Waals surface area contributed by atoms with Gasteiger partial charge in [-0.2, -0.15) is 0 Å². The Morgan fingerprint density at radius 3 is 2.79 bits per heavy atom. The van der Waals surface area contributed by atoms with Crippen LogP contribution in [0.25, 0.3) is 0 Å². The highest BCUT2D eigenvalue weighted by Gasteiger charge is 2.65. The van der Waals surface area contributed by atoms with Crippen molar-refractivity contribution in [3.8, 4) is 0 Å². The van der Waals surface area contributed by atoms with Gasteiger partial charge in [-0.15, -0.1) is 0 Å². The van der Waals surface area contributed by atoms with E-state index in [-0.39, 0.29) is 12.6 Å². The number of aliphatic carboxylic acids is 1. The highest BCUT2D eigenvalue weighted by atomic mass is 16.5. The number of fused-ring (bicyclic) bond motifs is 1. The number of esters is 1. The summed E-state index contributed by atoms with van der Waals surface area (Å²) in [5.41, 5.74) is -1.11. The van der Waals surface area contributed by atoms with Crippen LogP contribution in [-0.4, -0.2) is 23.7 Å². The zero-order valence-electron chi connectivity index (χ0n) is 8.37. The Balaban J connectivity index is 2.42. The van der Waals surface area contributed by atoms with Gasteiger partial charge in [-0.3, -0.25) is 9.59 Å². The minimum Gasteiger partial charge on any atom is -0.481 e. The van der Waals surface area contributed by atoms with Gasteiger partial charge in [0.25, 0.3) is 0 Å². The van der Waals surface area contributed by atoms with Gasteiger partial charge in [0.2, 0.25) is 0 Å². The molecule has 78 valence electrons. The van der Waals surface area contributed by atoms with Crippen molar-refractivity contribution in [2.75, 3.05) is 6.61 Å². The quantitative estimate of drug-likeness (QED) is 0.639. The van der Waals surface area contributed by atoms with E-state index in [4.69, 9.17) is 9.84 Å². The lowest BCUT2D eigenvalue weighted by Crippen LogP contribution is -2.40. The van der Waals surface area contributed by atoms with Gasteiger partial charge < -0.3 is 9.84 Å². The number of carbonyl (C=O) groups is 2. The monoisotopic (exact) mass is 198 g/mol. The Hall–Kier alpha value is -1.06. The summed E-state index contributed by atoms with van der Waals surface area (Å²) >= 11 is 0. The first-order chi connectivity index (χ1) is 6.42.